The van der Waals surface area contributed by atoms with E-state index in [4.69, 9.17) is 11.6 Å². The molecule has 0 aliphatic carbocycles. The van der Waals surface area contributed by atoms with Crippen molar-refractivity contribution in [3.05, 3.63) is 94.5 Å². The maximum atomic E-state index is 12.7. The van der Waals surface area contributed by atoms with Crippen LogP contribution in [0.25, 0.3) is 0 Å². The number of hydrogen-bond donors (Lipinski definition) is 2. The van der Waals surface area contributed by atoms with Crippen LogP contribution in [0, 0.1) is 0 Å². The number of halogens is 1. The van der Waals surface area contributed by atoms with Gasteiger partial charge in [0.2, 0.25) is 0 Å². The molecule has 3 aromatic rings. The van der Waals surface area contributed by atoms with Crippen LogP contribution in [0.4, 0.5) is 11.4 Å². The van der Waals surface area contributed by atoms with Crippen LogP contribution >= 0.6 is 11.6 Å². The Morgan fingerprint density at radius 3 is 2.24 bits per heavy atom. The highest BCUT2D eigenvalue weighted by molar-refractivity contribution is 6.30. The molecule has 5 nitrogen and oxygen atoms in total. The monoisotopic (exact) mass is 408 g/mol. The van der Waals surface area contributed by atoms with Crippen molar-refractivity contribution in [1.82, 2.24) is 0 Å². The van der Waals surface area contributed by atoms with Gasteiger partial charge in [-0.3, -0.25) is 4.79 Å². The lowest BCUT2D eigenvalue weighted by Gasteiger charge is -2.26. The molecular weight excluding hydrogens is 388 g/mol. The average Bonchev–Trinajstić information content (AvgIpc) is 2.73. The number of carbonyl (C=O) groups excluding carboxylic acids is 1. The summed E-state index contributed by atoms with van der Waals surface area (Å²) in [7, 11) is 0. The maximum absolute atomic E-state index is 12.7. The van der Waals surface area contributed by atoms with E-state index in [0.29, 0.717) is 29.4 Å². The molecule has 0 bridgehead atoms. The zero-order valence-corrected chi connectivity index (χ0v) is 16.7. The third-order valence-corrected chi connectivity index (χ3v) is 4.79. The Morgan fingerprint density at radius 2 is 1.62 bits per heavy atom. The summed E-state index contributed by atoms with van der Waals surface area (Å²) in [5.74, 6) is -1.38. The molecule has 3 aromatic carbocycles. The van der Waals surface area contributed by atoms with Crippen LogP contribution < -0.4 is 10.2 Å². The Bertz CT molecular complexity index is 1000. The van der Waals surface area contributed by atoms with Crippen LogP contribution in [-0.4, -0.2) is 23.5 Å². The highest BCUT2D eigenvalue weighted by Gasteiger charge is 2.16. The number of carboxylic acids is 1. The van der Waals surface area contributed by atoms with Gasteiger partial charge in [0.1, 0.15) is 0 Å². The van der Waals surface area contributed by atoms with Gasteiger partial charge in [0.15, 0.2) is 0 Å². The number of carboxylic acid groups (broad SMARTS) is 1. The SMILES string of the molecule is CCN(Cc1ccccc1)c1ccc(C(=O)O)cc1NC(=O)c1ccc(Cl)cc1. The molecule has 0 aliphatic rings. The first-order chi connectivity index (χ1) is 14.0. The van der Waals surface area contributed by atoms with Gasteiger partial charge in [0, 0.05) is 23.7 Å². The molecule has 6 heteroatoms. The molecule has 29 heavy (non-hydrogen) atoms. The van der Waals surface area contributed by atoms with Gasteiger partial charge in [-0.25, -0.2) is 4.79 Å². The van der Waals surface area contributed by atoms with Gasteiger partial charge >= 0.3 is 5.97 Å². The van der Waals surface area contributed by atoms with Crippen LogP contribution in [0.15, 0.2) is 72.8 Å². The van der Waals surface area contributed by atoms with Gasteiger partial charge in [0.25, 0.3) is 5.91 Å². The van der Waals surface area contributed by atoms with Crippen LogP contribution in [0.5, 0.6) is 0 Å². The summed E-state index contributed by atoms with van der Waals surface area (Å²) in [4.78, 5) is 26.2. The lowest BCUT2D eigenvalue weighted by Crippen LogP contribution is -2.24. The summed E-state index contributed by atoms with van der Waals surface area (Å²) >= 11 is 5.89. The van der Waals surface area contributed by atoms with Gasteiger partial charge in [-0.15, -0.1) is 0 Å². The topological polar surface area (TPSA) is 69.6 Å². The third-order valence-electron chi connectivity index (χ3n) is 4.54. The second-order valence-electron chi connectivity index (χ2n) is 6.50. The molecule has 3 rings (SSSR count). The summed E-state index contributed by atoms with van der Waals surface area (Å²) in [6.07, 6.45) is 0. The van der Waals surface area contributed by atoms with E-state index in [1.165, 1.54) is 6.07 Å². The standard InChI is InChI=1S/C23H21ClN2O3/c1-2-26(15-16-6-4-3-5-7-16)21-13-10-18(23(28)29)14-20(21)25-22(27)17-8-11-19(24)12-9-17/h3-14H,2,15H2,1H3,(H,25,27)(H,28,29). The van der Waals surface area contributed by atoms with Crippen molar-refractivity contribution in [3.63, 3.8) is 0 Å². The molecule has 0 radical (unpaired) electrons. The fourth-order valence-corrected chi connectivity index (χ4v) is 3.14. The molecule has 0 saturated carbocycles. The molecule has 0 aliphatic heterocycles. The predicted octanol–water partition coefficient (Wildman–Crippen LogP) is 5.32. The maximum Gasteiger partial charge on any atom is 0.335 e. The highest BCUT2D eigenvalue weighted by Crippen LogP contribution is 2.29. The Hall–Kier alpha value is -3.31. The minimum atomic E-state index is -1.05. The number of carbonyl (C=O) groups is 2. The first-order valence-electron chi connectivity index (χ1n) is 9.21. The molecular formula is C23H21ClN2O3. The Balaban J connectivity index is 1.94. The van der Waals surface area contributed by atoms with Gasteiger partial charge in [0.05, 0.1) is 16.9 Å². The van der Waals surface area contributed by atoms with Crippen molar-refractivity contribution in [2.45, 2.75) is 13.5 Å². The Labute approximate surface area is 174 Å². The van der Waals surface area contributed by atoms with Crippen LogP contribution in [0.3, 0.4) is 0 Å². The Morgan fingerprint density at radius 1 is 0.966 bits per heavy atom. The number of nitrogens with one attached hydrogen (secondary N) is 1. The minimum Gasteiger partial charge on any atom is -0.478 e. The van der Waals surface area contributed by atoms with Crippen molar-refractivity contribution >= 4 is 34.9 Å². The molecule has 0 atom stereocenters. The fraction of sp³-hybridized carbons (Fsp3) is 0.130. The van der Waals surface area contributed by atoms with Gasteiger partial charge in [-0.1, -0.05) is 41.9 Å². The molecule has 0 aromatic heterocycles. The number of benzene rings is 3. The lowest BCUT2D eigenvalue weighted by molar-refractivity contribution is 0.0696. The van der Waals surface area contributed by atoms with Gasteiger partial charge in [-0.05, 0) is 55.0 Å². The van der Waals surface area contributed by atoms with E-state index in [1.807, 2.05) is 37.3 Å². The first-order valence-corrected chi connectivity index (χ1v) is 9.59. The Kier molecular flexibility index (Phi) is 6.52. The van der Waals surface area contributed by atoms with E-state index in [0.717, 1.165) is 11.3 Å². The average molecular weight is 409 g/mol. The minimum absolute atomic E-state index is 0.107. The summed E-state index contributed by atoms with van der Waals surface area (Å²) < 4.78 is 0. The molecule has 0 unspecified atom stereocenters. The zero-order chi connectivity index (χ0) is 20.8. The number of nitrogens with zero attached hydrogens (tertiary/aromatic N) is 1. The smallest absolute Gasteiger partial charge is 0.335 e. The molecule has 0 fully saturated rings. The van der Waals surface area contributed by atoms with E-state index < -0.39 is 5.97 Å². The second-order valence-corrected chi connectivity index (χ2v) is 6.93. The number of rotatable bonds is 7. The predicted molar refractivity (Wildman–Crippen MR) is 116 cm³/mol. The molecule has 148 valence electrons. The molecule has 0 saturated heterocycles. The molecule has 1 amide bonds. The second kappa shape index (κ2) is 9.26. The third kappa shape index (κ3) is 5.15. The number of anilines is 2. The largest absolute Gasteiger partial charge is 0.478 e. The normalized spacial score (nSPS) is 10.4. The van der Waals surface area contributed by atoms with Crippen molar-refractivity contribution in [3.8, 4) is 0 Å². The van der Waals surface area contributed by atoms with Crippen LogP contribution in [-0.2, 0) is 6.54 Å². The fourth-order valence-electron chi connectivity index (χ4n) is 3.01. The quantitative estimate of drug-likeness (QED) is 0.555. The summed E-state index contributed by atoms with van der Waals surface area (Å²) in [6, 6.07) is 21.2. The number of aromatic carboxylic acids is 1. The van der Waals surface area contributed by atoms with Crippen molar-refractivity contribution in [1.29, 1.82) is 0 Å². The van der Waals surface area contributed by atoms with E-state index in [1.54, 1.807) is 36.4 Å². The lowest BCUT2D eigenvalue weighted by atomic mass is 10.1. The van der Waals surface area contributed by atoms with Crippen molar-refractivity contribution < 1.29 is 14.7 Å². The van der Waals surface area contributed by atoms with E-state index in [2.05, 4.69) is 10.2 Å². The van der Waals surface area contributed by atoms with E-state index in [-0.39, 0.29) is 11.5 Å². The van der Waals surface area contributed by atoms with Crippen molar-refractivity contribution in [2.24, 2.45) is 0 Å². The molecule has 2 N–H and O–H groups in total. The van der Waals surface area contributed by atoms with E-state index in [9.17, 15) is 14.7 Å². The first kappa shape index (κ1) is 20.4. The number of amides is 1. The summed E-state index contributed by atoms with van der Waals surface area (Å²) in [6.45, 7) is 3.33. The zero-order valence-electron chi connectivity index (χ0n) is 15.9. The summed E-state index contributed by atoms with van der Waals surface area (Å²) in [5.41, 5.74) is 2.86. The molecule has 0 spiro atoms. The highest BCUT2D eigenvalue weighted by atomic mass is 35.5. The van der Waals surface area contributed by atoms with E-state index >= 15 is 0 Å². The van der Waals surface area contributed by atoms with Crippen LogP contribution in [0.2, 0.25) is 5.02 Å². The molecule has 0 heterocycles. The number of hydrogen-bond acceptors (Lipinski definition) is 3. The van der Waals surface area contributed by atoms with Gasteiger partial charge < -0.3 is 15.3 Å². The van der Waals surface area contributed by atoms with Crippen LogP contribution in [0.1, 0.15) is 33.2 Å². The van der Waals surface area contributed by atoms with Gasteiger partial charge in [-0.2, -0.15) is 0 Å². The summed E-state index contributed by atoms with van der Waals surface area (Å²) in [5, 5.41) is 12.8. The van der Waals surface area contributed by atoms with Crippen molar-refractivity contribution in [2.75, 3.05) is 16.8 Å².